The molecule has 5 rings (SSSR count). The first-order valence-electron chi connectivity index (χ1n) is 12.5. The fraction of sp³-hybridized carbons (Fsp3) is 0.407. The summed E-state index contributed by atoms with van der Waals surface area (Å²) < 4.78 is 10.7. The lowest BCUT2D eigenvalue weighted by molar-refractivity contribution is -0.121. The molecular formula is C27H31N5O4. The summed E-state index contributed by atoms with van der Waals surface area (Å²) in [6, 6.07) is 14.8. The Morgan fingerprint density at radius 2 is 1.75 bits per heavy atom. The van der Waals surface area contributed by atoms with Gasteiger partial charge in [0.05, 0.1) is 24.9 Å². The Kier molecular flexibility index (Phi) is 7.27. The van der Waals surface area contributed by atoms with E-state index in [4.69, 9.17) is 9.26 Å². The van der Waals surface area contributed by atoms with Crippen molar-refractivity contribution < 1.29 is 18.8 Å². The van der Waals surface area contributed by atoms with Crippen LogP contribution in [0.4, 0.5) is 5.69 Å². The van der Waals surface area contributed by atoms with Crippen molar-refractivity contribution in [2.45, 2.75) is 32.2 Å². The van der Waals surface area contributed by atoms with Gasteiger partial charge in [-0.05, 0) is 75.2 Å². The number of likely N-dealkylation sites (tertiary alicyclic amines) is 2. The van der Waals surface area contributed by atoms with E-state index >= 15 is 0 Å². The summed E-state index contributed by atoms with van der Waals surface area (Å²) in [7, 11) is 1.63. The average Bonchev–Trinajstić information content (AvgIpc) is 3.62. The van der Waals surface area contributed by atoms with E-state index in [9.17, 15) is 9.59 Å². The second-order valence-corrected chi connectivity index (χ2v) is 9.32. The maximum atomic E-state index is 13.0. The maximum Gasteiger partial charge on any atom is 0.255 e. The van der Waals surface area contributed by atoms with Gasteiger partial charge in [0.25, 0.3) is 5.91 Å². The highest BCUT2D eigenvalue weighted by Crippen LogP contribution is 2.25. The summed E-state index contributed by atoms with van der Waals surface area (Å²) in [5.74, 6) is 1.73. The van der Waals surface area contributed by atoms with Crippen LogP contribution < -0.4 is 10.1 Å². The lowest BCUT2D eigenvalue weighted by atomic mass is 9.95. The molecule has 0 bridgehead atoms. The highest BCUT2D eigenvalue weighted by molar-refractivity contribution is 6.04. The summed E-state index contributed by atoms with van der Waals surface area (Å²) in [6.07, 6.45) is 3.53. The van der Waals surface area contributed by atoms with Crippen molar-refractivity contribution in [1.29, 1.82) is 0 Å². The van der Waals surface area contributed by atoms with E-state index in [2.05, 4.69) is 20.4 Å². The van der Waals surface area contributed by atoms with E-state index in [0.29, 0.717) is 29.5 Å². The summed E-state index contributed by atoms with van der Waals surface area (Å²) in [5.41, 5.74) is 2.03. The van der Waals surface area contributed by atoms with Gasteiger partial charge < -0.3 is 19.5 Å². The van der Waals surface area contributed by atoms with E-state index in [1.807, 2.05) is 47.4 Å². The summed E-state index contributed by atoms with van der Waals surface area (Å²) >= 11 is 0. The standard InChI is InChI=1S/C27H31N5O4/c1-35-21-10-8-19(9-11-21)25-29-24(36-30-25)18-31-16-12-20(13-17-31)26(33)28-23-7-3-2-6-22(23)27(34)32-14-4-5-15-32/h2-3,6-11,20H,4-5,12-18H2,1H3,(H,28,33). The molecule has 1 aromatic heterocycles. The molecule has 2 fully saturated rings. The van der Waals surface area contributed by atoms with Gasteiger partial charge in [-0.25, -0.2) is 0 Å². The molecule has 1 N–H and O–H groups in total. The molecule has 0 saturated carbocycles. The molecule has 0 unspecified atom stereocenters. The van der Waals surface area contributed by atoms with Crippen molar-refractivity contribution in [1.82, 2.24) is 19.9 Å². The fourth-order valence-corrected chi connectivity index (χ4v) is 4.82. The Hall–Kier alpha value is -3.72. The SMILES string of the molecule is COc1ccc(-c2noc(CN3CCC(C(=O)Nc4ccccc4C(=O)N4CCCC4)CC3)n2)cc1. The van der Waals surface area contributed by atoms with Gasteiger partial charge in [-0.1, -0.05) is 17.3 Å². The number of aromatic nitrogens is 2. The quantitative estimate of drug-likeness (QED) is 0.538. The summed E-state index contributed by atoms with van der Waals surface area (Å²) in [5, 5.41) is 7.12. The van der Waals surface area contributed by atoms with E-state index in [1.165, 1.54) is 0 Å². The molecule has 2 aromatic carbocycles. The van der Waals surface area contributed by atoms with E-state index in [1.54, 1.807) is 13.2 Å². The van der Waals surface area contributed by atoms with Crippen molar-refractivity contribution in [2.24, 2.45) is 5.92 Å². The summed E-state index contributed by atoms with van der Waals surface area (Å²) in [6.45, 7) is 3.62. The molecule has 188 valence electrons. The van der Waals surface area contributed by atoms with Gasteiger partial charge in [0.1, 0.15) is 5.75 Å². The van der Waals surface area contributed by atoms with Crippen LogP contribution in [0.25, 0.3) is 11.4 Å². The Morgan fingerprint density at radius 1 is 1.03 bits per heavy atom. The molecule has 3 aromatic rings. The average molecular weight is 490 g/mol. The van der Waals surface area contributed by atoms with Crippen LogP contribution in [0.1, 0.15) is 41.9 Å². The number of nitrogens with one attached hydrogen (secondary N) is 1. The molecule has 3 heterocycles. The zero-order valence-corrected chi connectivity index (χ0v) is 20.5. The Morgan fingerprint density at radius 3 is 2.47 bits per heavy atom. The Bertz CT molecular complexity index is 1190. The molecule has 36 heavy (non-hydrogen) atoms. The number of amides is 2. The predicted molar refractivity (Wildman–Crippen MR) is 134 cm³/mol. The molecule has 2 aliphatic rings. The molecule has 2 aliphatic heterocycles. The predicted octanol–water partition coefficient (Wildman–Crippen LogP) is 3.83. The van der Waals surface area contributed by atoms with Crippen LogP contribution in [0.15, 0.2) is 53.1 Å². The van der Waals surface area contributed by atoms with Gasteiger partial charge in [0.15, 0.2) is 0 Å². The third-order valence-corrected chi connectivity index (χ3v) is 6.94. The minimum Gasteiger partial charge on any atom is -0.497 e. The van der Waals surface area contributed by atoms with Crippen molar-refractivity contribution in [3.63, 3.8) is 0 Å². The molecule has 0 spiro atoms. The largest absolute Gasteiger partial charge is 0.497 e. The highest BCUT2D eigenvalue weighted by Gasteiger charge is 2.28. The minimum atomic E-state index is -0.103. The van der Waals surface area contributed by atoms with Crippen LogP contribution in [0.2, 0.25) is 0 Å². The van der Waals surface area contributed by atoms with Gasteiger partial charge in [-0.3, -0.25) is 14.5 Å². The third-order valence-electron chi connectivity index (χ3n) is 6.94. The smallest absolute Gasteiger partial charge is 0.255 e. The molecule has 2 amide bonds. The van der Waals surface area contributed by atoms with Crippen molar-refractivity contribution in [3.05, 3.63) is 60.0 Å². The summed E-state index contributed by atoms with van der Waals surface area (Å²) in [4.78, 5) is 34.5. The number of ether oxygens (including phenoxy) is 1. The lowest BCUT2D eigenvalue weighted by Gasteiger charge is -2.30. The topological polar surface area (TPSA) is 101 Å². The van der Waals surface area contributed by atoms with Crippen LogP contribution in [-0.2, 0) is 11.3 Å². The van der Waals surface area contributed by atoms with Crippen LogP contribution in [0.3, 0.4) is 0 Å². The molecule has 9 nitrogen and oxygen atoms in total. The molecule has 0 aliphatic carbocycles. The second-order valence-electron chi connectivity index (χ2n) is 9.32. The number of nitrogens with zero attached hydrogens (tertiary/aromatic N) is 4. The number of carbonyl (C=O) groups excluding carboxylic acids is 2. The molecule has 0 atom stereocenters. The lowest BCUT2D eigenvalue weighted by Crippen LogP contribution is -2.38. The number of benzene rings is 2. The third kappa shape index (κ3) is 5.41. The second kappa shape index (κ2) is 10.9. The highest BCUT2D eigenvalue weighted by atomic mass is 16.5. The number of hydrogen-bond donors (Lipinski definition) is 1. The van der Waals surface area contributed by atoms with E-state index in [0.717, 1.165) is 63.2 Å². The Labute approximate surface area is 210 Å². The number of hydrogen-bond acceptors (Lipinski definition) is 7. The van der Waals surface area contributed by atoms with Gasteiger partial charge in [0.2, 0.25) is 17.6 Å². The number of piperidine rings is 1. The van der Waals surface area contributed by atoms with Crippen molar-refractivity contribution >= 4 is 17.5 Å². The number of rotatable bonds is 7. The first kappa shape index (κ1) is 24.0. The maximum absolute atomic E-state index is 13.0. The Balaban J connectivity index is 1.14. The van der Waals surface area contributed by atoms with Gasteiger partial charge in [-0.15, -0.1) is 0 Å². The molecule has 0 radical (unpaired) electrons. The first-order valence-corrected chi connectivity index (χ1v) is 12.5. The van der Waals surface area contributed by atoms with Crippen LogP contribution in [0, 0.1) is 5.92 Å². The van der Waals surface area contributed by atoms with Crippen molar-refractivity contribution in [2.75, 3.05) is 38.6 Å². The van der Waals surface area contributed by atoms with E-state index in [-0.39, 0.29) is 17.7 Å². The zero-order valence-electron chi connectivity index (χ0n) is 20.5. The van der Waals surface area contributed by atoms with Gasteiger partial charge in [0, 0.05) is 24.6 Å². The molecule has 9 heteroatoms. The van der Waals surface area contributed by atoms with Crippen LogP contribution >= 0.6 is 0 Å². The number of para-hydroxylation sites is 1. The zero-order chi connectivity index (χ0) is 24.9. The van der Waals surface area contributed by atoms with Crippen LogP contribution in [-0.4, -0.2) is 65.0 Å². The number of anilines is 1. The van der Waals surface area contributed by atoms with Crippen LogP contribution in [0.5, 0.6) is 5.75 Å². The van der Waals surface area contributed by atoms with Gasteiger partial charge >= 0.3 is 0 Å². The first-order chi connectivity index (χ1) is 17.6. The normalized spacial score (nSPS) is 16.8. The fourth-order valence-electron chi connectivity index (χ4n) is 4.82. The molecule has 2 saturated heterocycles. The van der Waals surface area contributed by atoms with E-state index < -0.39 is 0 Å². The number of methoxy groups -OCH3 is 1. The minimum absolute atomic E-state index is 0.00761. The molecular weight excluding hydrogens is 458 g/mol. The monoisotopic (exact) mass is 489 g/mol. The van der Waals surface area contributed by atoms with Gasteiger partial charge in [-0.2, -0.15) is 4.98 Å². The number of carbonyl (C=O) groups is 2. The van der Waals surface area contributed by atoms with Crippen molar-refractivity contribution in [3.8, 4) is 17.1 Å².